The molecule has 2 heterocycles. The summed E-state index contributed by atoms with van der Waals surface area (Å²) in [5.74, 6) is -0.143. The minimum absolute atomic E-state index is 0.0121. The average Bonchev–Trinajstić information content (AvgIpc) is 3.35. The van der Waals surface area contributed by atoms with Crippen molar-refractivity contribution in [1.29, 1.82) is 0 Å². The SMILES string of the molecule is CN(C)CC(=O)N[C@@H](CCN1CC2CN(C(=O)c3c(F)cccc3Cl)CC2C1)c1ccccc1. The summed E-state index contributed by atoms with van der Waals surface area (Å²) in [4.78, 5) is 31.3. The lowest BCUT2D eigenvalue weighted by molar-refractivity contribution is -0.122. The Bertz CT molecular complexity index is 985. The van der Waals surface area contributed by atoms with Crippen molar-refractivity contribution in [2.45, 2.75) is 12.5 Å². The van der Waals surface area contributed by atoms with Gasteiger partial charge in [0, 0.05) is 32.7 Å². The van der Waals surface area contributed by atoms with E-state index in [1.54, 1.807) is 11.0 Å². The summed E-state index contributed by atoms with van der Waals surface area (Å²) < 4.78 is 14.2. The van der Waals surface area contributed by atoms with Gasteiger partial charge in [-0.1, -0.05) is 48.0 Å². The number of likely N-dealkylation sites (N-methyl/N-ethyl adjacent to an activating group) is 1. The van der Waals surface area contributed by atoms with Crippen LogP contribution in [0.4, 0.5) is 4.39 Å². The Kier molecular flexibility index (Phi) is 7.86. The average molecular weight is 487 g/mol. The fourth-order valence-electron chi connectivity index (χ4n) is 5.15. The lowest BCUT2D eigenvalue weighted by atomic mass is 10.0. The van der Waals surface area contributed by atoms with Crippen LogP contribution in [0.25, 0.3) is 0 Å². The van der Waals surface area contributed by atoms with Gasteiger partial charge in [0.25, 0.3) is 5.91 Å². The van der Waals surface area contributed by atoms with Crippen LogP contribution >= 0.6 is 11.6 Å². The van der Waals surface area contributed by atoms with E-state index >= 15 is 0 Å². The van der Waals surface area contributed by atoms with Gasteiger partial charge in [-0.2, -0.15) is 0 Å². The molecule has 2 aromatic carbocycles. The second-order valence-electron chi connectivity index (χ2n) is 9.64. The predicted octanol–water partition coefficient (Wildman–Crippen LogP) is 3.29. The zero-order valence-corrected chi connectivity index (χ0v) is 20.5. The highest BCUT2D eigenvalue weighted by Gasteiger charge is 2.42. The first-order valence-corrected chi connectivity index (χ1v) is 12.1. The van der Waals surface area contributed by atoms with Gasteiger partial charge in [-0.3, -0.25) is 9.59 Å². The molecule has 2 aliphatic rings. The van der Waals surface area contributed by atoms with E-state index in [9.17, 15) is 14.0 Å². The highest BCUT2D eigenvalue weighted by molar-refractivity contribution is 6.33. The number of carbonyl (C=O) groups excluding carboxylic acids is 2. The van der Waals surface area contributed by atoms with Crippen molar-refractivity contribution < 1.29 is 14.0 Å². The number of carbonyl (C=O) groups is 2. The largest absolute Gasteiger partial charge is 0.348 e. The highest BCUT2D eigenvalue weighted by Crippen LogP contribution is 2.33. The van der Waals surface area contributed by atoms with Crippen LogP contribution in [0.2, 0.25) is 5.02 Å². The van der Waals surface area contributed by atoms with Gasteiger partial charge in [0.1, 0.15) is 5.82 Å². The Morgan fingerprint density at radius 1 is 1.06 bits per heavy atom. The molecule has 2 fully saturated rings. The third-order valence-electron chi connectivity index (χ3n) is 6.76. The number of nitrogens with zero attached hydrogens (tertiary/aromatic N) is 3. The van der Waals surface area contributed by atoms with Gasteiger partial charge in [0.05, 0.1) is 23.2 Å². The zero-order valence-electron chi connectivity index (χ0n) is 19.7. The second kappa shape index (κ2) is 10.8. The van der Waals surface area contributed by atoms with Crippen molar-refractivity contribution in [2.75, 3.05) is 53.4 Å². The van der Waals surface area contributed by atoms with Gasteiger partial charge in [-0.15, -0.1) is 0 Å². The van der Waals surface area contributed by atoms with Gasteiger partial charge in [0.2, 0.25) is 5.91 Å². The van der Waals surface area contributed by atoms with Crippen molar-refractivity contribution >= 4 is 23.4 Å². The maximum Gasteiger partial charge on any atom is 0.258 e. The molecule has 2 saturated heterocycles. The summed E-state index contributed by atoms with van der Waals surface area (Å²) >= 11 is 6.10. The molecule has 6 nitrogen and oxygen atoms in total. The normalized spacial score (nSPS) is 21.0. The molecular weight excluding hydrogens is 455 g/mol. The first-order valence-electron chi connectivity index (χ1n) is 11.8. The number of amides is 2. The maximum absolute atomic E-state index is 14.2. The molecule has 0 bridgehead atoms. The lowest BCUT2D eigenvalue weighted by Crippen LogP contribution is -2.38. The molecule has 2 unspecified atom stereocenters. The Morgan fingerprint density at radius 3 is 2.35 bits per heavy atom. The fraction of sp³-hybridized carbons (Fsp3) is 0.462. The standard InChI is InChI=1S/C26H32ClFN4O2/c1-30(2)17-24(33)29-23(18-7-4-3-5-8-18)11-12-31-13-19-15-32(16-20(19)14-31)26(34)25-21(27)9-6-10-22(25)28/h3-10,19-20,23H,11-17H2,1-2H3,(H,29,33)/t19?,20?,23-/m0/s1. The quantitative estimate of drug-likeness (QED) is 0.622. The predicted molar refractivity (Wildman–Crippen MR) is 131 cm³/mol. The molecule has 2 amide bonds. The Morgan fingerprint density at radius 2 is 1.74 bits per heavy atom. The van der Waals surface area contributed by atoms with Crippen LogP contribution in [-0.4, -0.2) is 79.9 Å². The number of benzene rings is 2. The number of halogens is 2. The number of rotatable bonds is 8. The molecular formula is C26H32ClFN4O2. The second-order valence-corrected chi connectivity index (χ2v) is 10.1. The van der Waals surface area contributed by atoms with Gasteiger partial charge in [0.15, 0.2) is 0 Å². The summed E-state index contributed by atoms with van der Waals surface area (Å²) in [5.41, 5.74) is 1.08. The third-order valence-corrected chi connectivity index (χ3v) is 7.07. The molecule has 0 radical (unpaired) electrons. The van der Waals surface area contributed by atoms with E-state index in [4.69, 9.17) is 11.6 Å². The minimum atomic E-state index is -0.570. The van der Waals surface area contributed by atoms with E-state index in [-0.39, 0.29) is 28.4 Å². The molecule has 0 spiro atoms. The van der Waals surface area contributed by atoms with Crippen LogP contribution in [0.1, 0.15) is 28.4 Å². The van der Waals surface area contributed by atoms with Crippen molar-refractivity contribution in [1.82, 2.24) is 20.0 Å². The summed E-state index contributed by atoms with van der Waals surface area (Å²) in [7, 11) is 3.77. The Labute approximate surface area is 205 Å². The lowest BCUT2D eigenvalue weighted by Gasteiger charge is -2.25. The van der Waals surface area contributed by atoms with E-state index in [2.05, 4.69) is 22.3 Å². The van der Waals surface area contributed by atoms with Gasteiger partial charge < -0.3 is 20.0 Å². The van der Waals surface area contributed by atoms with Gasteiger partial charge in [-0.05, 0) is 50.0 Å². The van der Waals surface area contributed by atoms with E-state index in [1.807, 2.05) is 37.2 Å². The molecule has 0 aromatic heterocycles. The number of hydrogen-bond acceptors (Lipinski definition) is 4. The topological polar surface area (TPSA) is 55.9 Å². The number of likely N-dealkylation sites (tertiary alicyclic amines) is 2. The van der Waals surface area contributed by atoms with Gasteiger partial charge >= 0.3 is 0 Å². The molecule has 34 heavy (non-hydrogen) atoms. The summed E-state index contributed by atoms with van der Waals surface area (Å²) in [5, 5.41) is 3.34. The third kappa shape index (κ3) is 5.77. The van der Waals surface area contributed by atoms with E-state index in [0.29, 0.717) is 31.5 Å². The first-order chi connectivity index (χ1) is 16.3. The first kappa shape index (κ1) is 24.6. The smallest absolute Gasteiger partial charge is 0.258 e. The minimum Gasteiger partial charge on any atom is -0.348 e. The maximum atomic E-state index is 14.2. The molecule has 8 heteroatoms. The summed E-state index contributed by atoms with van der Waals surface area (Å²) in [6.45, 7) is 4.24. The fourth-order valence-corrected chi connectivity index (χ4v) is 5.39. The summed E-state index contributed by atoms with van der Waals surface area (Å²) in [6, 6.07) is 14.4. The molecule has 3 atom stereocenters. The van der Waals surface area contributed by atoms with Crippen LogP contribution in [0.15, 0.2) is 48.5 Å². The Balaban J connectivity index is 1.33. The van der Waals surface area contributed by atoms with E-state index in [0.717, 1.165) is 31.6 Å². The summed E-state index contributed by atoms with van der Waals surface area (Å²) in [6.07, 6.45) is 0.816. The molecule has 0 saturated carbocycles. The van der Waals surface area contributed by atoms with Crippen LogP contribution in [0.3, 0.4) is 0 Å². The van der Waals surface area contributed by atoms with Crippen LogP contribution in [-0.2, 0) is 4.79 Å². The van der Waals surface area contributed by atoms with Crippen molar-refractivity contribution in [2.24, 2.45) is 11.8 Å². The molecule has 2 aliphatic heterocycles. The zero-order chi connectivity index (χ0) is 24.2. The van der Waals surface area contributed by atoms with E-state index in [1.165, 1.54) is 12.1 Å². The molecule has 0 aliphatic carbocycles. The van der Waals surface area contributed by atoms with Crippen LogP contribution in [0.5, 0.6) is 0 Å². The number of fused-ring (bicyclic) bond motifs is 1. The van der Waals surface area contributed by atoms with E-state index < -0.39 is 5.82 Å². The molecule has 182 valence electrons. The number of nitrogens with one attached hydrogen (secondary N) is 1. The highest BCUT2D eigenvalue weighted by atomic mass is 35.5. The number of hydrogen-bond donors (Lipinski definition) is 1. The van der Waals surface area contributed by atoms with Crippen molar-refractivity contribution in [3.63, 3.8) is 0 Å². The monoisotopic (exact) mass is 486 g/mol. The molecule has 4 rings (SSSR count). The molecule has 2 aromatic rings. The van der Waals surface area contributed by atoms with Crippen molar-refractivity contribution in [3.8, 4) is 0 Å². The van der Waals surface area contributed by atoms with Crippen LogP contribution in [0, 0.1) is 17.7 Å². The molecule has 1 N–H and O–H groups in total. The Hall–Kier alpha value is -2.48. The van der Waals surface area contributed by atoms with Crippen LogP contribution < -0.4 is 5.32 Å². The van der Waals surface area contributed by atoms with Crippen molar-refractivity contribution in [3.05, 3.63) is 70.5 Å². The van der Waals surface area contributed by atoms with Gasteiger partial charge in [-0.25, -0.2) is 4.39 Å².